The minimum Gasteiger partial charge on any atom is -0.381 e. The molecule has 5 heteroatoms. The first-order chi connectivity index (χ1) is 10.2. The number of hydrogen-bond acceptors (Lipinski definition) is 4. The molecule has 1 saturated heterocycles. The lowest BCUT2D eigenvalue weighted by molar-refractivity contribution is -0.126. The Balaban J connectivity index is 1.74. The Hall–Kier alpha value is -0.650. The highest BCUT2D eigenvalue weighted by Crippen LogP contribution is 2.37. The minimum atomic E-state index is -0.503. The van der Waals surface area contributed by atoms with Crippen LogP contribution in [0, 0.1) is 11.8 Å². The third-order valence-corrected chi connectivity index (χ3v) is 5.06. The summed E-state index contributed by atoms with van der Waals surface area (Å²) in [7, 11) is 0. The van der Waals surface area contributed by atoms with Crippen LogP contribution in [-0.4, -0.2) is 44.4 Å². The quantitative estimate of drug-likeness (QED) is 0.665. The van der Waals surface area contributed by atoms with Crippen molar-refractivity contribution < 1.29 is 14.3 Å². The van der Waals surface area contributed by atoms with E-state index in [4.69, 9.17) is 15.2 Å². The molecule has 0 bridgehead atoms. The van der Waals surface area contributed by atoms with Gasteiger partial charge in [0.05, 0.1) is 0 Å². The van der Waals surface area contributed by atoms with Crippen molar-refractivity contribution in [2.45, 2.75) is 51.0 Å². The lowest BCUT2D eigenvalue weighted by Crippen LogP contribution is -2.58. The van der Waals surface area contributed by atoms with Crippen molar-refractivity contribution >= 4 is 5.91 Å². The van der Waals surface area contributed by atoms with Crippen molar-refractivity contribution in [3.63, 3.8) is 0 Å². The fourth-order valence-electron chi connectivity index (χ4n) is 3.82. The van der Waals surface area contributed by atoms with E-state index in [9.17, 15) is 4.79 Å². The highest BCUT2D eigenvalue weighted by atomic mass is 16.5. The van der Waals surface area contributed by atoms with Crippen LogP contribution in [0.4, 0.5) is 0 Å². The Morgan fingerprint density at radius 3 is 2.81 bits per heavy atom. The topological polar surface area (TPSA) is 73.6 Å². The Morgan fingerprint density at radius 1 is 1.38 bits per heavy atom. The van der Waals surface area contributed by atoms with Crippen LogP contribution < -0.4 is 11.1 Å². The van der Waals surface area contributed by atoms with E-state index in [0.29, 0.717) is 11.8 Å². The number of rotatable bonds is 8. The third-order valence-electron chi connectivity index (χ3n) is 5.06. The maximum Gasteiger partial charge on any atom is 0.238 e. The molecule has 0 aromatic heterocycles. The van der Waals surface area contributed by atoms with E-state index in [-0.39, 0.29) is 5.91 Å². The van der Waals surface area contributed by atoms with Crippen molar-refractivity contribution in [2.75, 3.05) is 33.0 Å². The number of primary amides is 1. The molecule has 2 fully saturated rings. The number of nitrogens with one attached hydrogen (secondary N) is 1. The number of nitrogens with two attached hydrogens (primary N) is 1. The van der Waals surface area contributed by atoms with Crippen LogP contribution in [0.5, 0.6) is 0 Å². The largest absolute Gasteiger partial charge is 0.381 e. The molecule has 2 rings (SSSR count). The van der Waals surface area contributed by atoms with Gasteiger partial charge < -0.3 is 20.5 Å². The lowest BCUT2D eigenvalue weighted by Gasteiger charge is -2.33. The van der Waals surface area contributed by atoms with Crippen molar-refractivity contribution in [3.8, 4) is 0 Å². The first-order valence-electron chi connectivity index (χ1n) is 8.39. The molecule has 1 heterocycles. The van der Waals surface area contributed by atoms with E-state index in [2.05, 4.69) is 5.32 Å². The molecule has 0 aromatic rings. The summed E-state index contributed by atoms with van der Waals surface area (Å²) in [5.41, 5.74) is 5.17. The summed E-state index contributed by atoms with van der Waals surface area (Å²) in [5, 5.41) is 3.35. The van der Waals surface area contributed by atoms with Gasteiger partial charge in [-0.2, -0.15) is 0 Å². The van der Waals surface area contributed by atoms with Gasteiger partial charge >= 0.3 is 0 Å². The monoisotopic (exact) mass is 298 g/mol. The van der Waals surface area contributed by atoms with Crippen LogP contribution >= 0.6 is 0 Å². The lowest BCUT2D eigenvalue weighted by atomic mass is 9.84. The zero-order chi connectivity index (χ0) is 15.1. The van der Waals surface area contributed by atoms with Crippen LogP contribution in [0.15, 0.2) is 0 Å². The fraction of sp³-hybridized carbons (Fsp3) is 0.938. The maximum absolute atomic E-state index is 11.9. The van der Waals surface area contributed by atoms with E-state index >= 15 is 0 Å². The van der Waals surface area contributed by atoms with Crippen LogP contribution in [0.3, 0.4) is 0 Å². The summed E-state index contributed by atoms with van der Waals surface area (Å²) in [4.78, 5) is 11.9. The summed E-state index contributed by atoms with van der Waals surface area (Å²) < 4.78 is 11.2. The number of amides is 1. The van der Waals surface area contributed by atoms with Gasteiger partial charge in [0.1, 0.15) is 5.54 Å². The maximum atomic E-state index is 11.9. The van der Waals surface area contributed by atoms with Gasteiger partial charge in [-0.15, -0.1) is 0 Å². The van der Waals surface area contributed by atoms with E-state index in [0.717, 1.165) is 71.5 Å². The van der Waals surface area contributed by atoms with Gasteiger partial charge in [0.15, 0.2) is 0 Å². The summed E-state index contributed by atoms with van der Waals surface area (Å²) in [6.07, 6.45) is 6.12. The number of likely N-dealkylation sites (N-methyl/N-ethyl adjacent to an activating group) is 1. The molecule has 3 N–H and O–H groups in total. The normalized spacial score (nSPS) is 30.6. The molecule has 2 atom stereocenters. The summed E-state index contributed by atoms with van der Waals surface area (Å²) in [6, 6.07) is 0. The molecule has 0 spiro atoms. The van der Waals surface area contributed by atoms with Gasteiger partial charge in [-0.25, -0.2) is 0 Å². The molecule has 1 aliphatic heterocycles. The fourth-order valence-corrected chi connectivity index (χ4v) is 3.82. The average Bonchev–Trinajstić information content (AvgIpc) is 2.89. The van der Waals surface area contributed by atoms with E-state index < -0.39 is 5.54 Å². The standard InChI is InChI=1S/C16H30N2O3/c1-2-18-16(15(17)19)8-3-4-14(16)7-11-21-12-13-5-9-20-10-6-13/h13-14,18H,2-12H2,1H3,(H2,17,19). The first-order valence-corrected chi connectivity index (χ1v) is 8.39. The average molecular weight is 298 g/mol. The summed E-state index contributed by atoms with van der Waals surface area (Å²) in [6.45, 7) is 6.08. The molecule has 21 heavy (non-hydrogen) atoms. The molecule has 1 aliphatic carbocycles. The zero-order valence-corrected chi connectivity index (χ0v) is 13.2. The highest BCUT2D eigenvalue weighted by molar-refractivity contribution is 5.85. The number of carbonyl (C=O) groups excluding carboxylic acids is 1. The Morgan fingerprint density at radius 2 is 2.14 bits per heavy atom. The van der Waals surface area contributed by atoms with Gasteiger partial charge in [0.2, 0.25) is 5.91 Å². The van der Waals surface area contributed by atoms with Crippen LogP contribution in [0.25, 0.3) is 0 Å². The third kappa shape index (κ3) is 4.18. The first kappa shape index (κ1) is 16.7. The van der Waals surface area contributed by atoms with Crippen LogP contribution in [0.1, 0.15) is 45.4 Å². The van der Waals surface area contributed by atoms with E-state index in [1.54, 1.807) is 0 Å². The van der Waals surface area contributed by atoms with Gasteiger partial charge in [-0.1, -0.05) is 13.3 Å². The van der Waals surface area contributed by atoms with Crippen LogP contribution in [-0.2, 0) is 14.3 Å². The second-order valence-electron chi connectivity index (χ2n) is 6.37. The molecule has 5 nitrogen and oxygen atoms in total. The van der Waals surface area contributed by atoms with Crippen molar-refractivity contribution in [1.29, 1.82) is 0 Å². The van der Waals surface area contributed by atoms with Crippen molar-refractivity contribution in [2.24, 2.45) is 17.6 Å². The molecule has 2 unspecified atom stereocenters. The molecule has 1 amide bonds. The Kier molecular flexibility index (Phi) is 6.45. The molecule has 0 aromatic carbocycles. The van der Waals surface area contributed by atoms with Gasteiger partial charge in [0.25, 0.3) is 0 Å². The number of ether oxygens (including phenoxy) is 2. The zero-order valence-electron chi connectivity index (χ0n) is 13.2. The smallest absolute Gasteiger partial charge is 0.238 e. The van der Waals surface area contributed by atoms with Gasteiger partial charge in [-0.05, 0) is 50.5 Å². The SMILES string of the molecule is CCNC1(C(N)=O)CCCC1CCOCC1CCOCC1. The second kappa shape index (κ2) is 8.11. The number of carbonyl (C=O) groups is 1. The molecular formula is C16H30N2O3. The van der Waals surface area contributed by atoms with Crippen molar-refractivity contribution in [3.05, 3.63) is 0 Å². The summed E-state index contributed by atoms with van der Waals surface area (Å²) >= 11 is 0. The minimum absolute atomic E-state index is 0.198. The highest BCUT2D eigenvalue weighted by Gasteiger charge is 2.46. The molecule has 2 aliphatic rings. The molecule has 1 saturated carbocycles. The predicted octanol–water partition coefficient (Wildman–Crippen LogP) is 1.45. The Labute approximate surface area is 127 Å². The van der Waals surface area contributed by atoms with Crippen LogP contribution in [0.2, 0.25) is 0 Å². The molecular weight excluding hydrogens is 268 g/mol. The predicted molar refractivity (Wildman–Crippen MR) is 81.9 cm³/mol. The molecule has 122 valence electrons. The van der Waals surface area contributed by atoms with Crippen molar-refractivity contribution in [1.82, 2.24) is 5.32 Å². The second-order valence-corrected chi connectivity index (χ2v) is 6.37. The van der Waals surface area contributed by atoms with E-state index in [1.807, 2.05) is 6.92 Å². The van der Waals surface area contributed by atoms with Gasteiger partial charge in [0, 0.05) is 26.4 Å². The molecule has 0 radical (unpaired) electrons. The summed E-state index contributed by atoms with van der Waals surface area (Å²) in [5.74, 6) is 0.748. The van der Waals surface area contributed by atoms with E-state index in [1.165, 1.54) is 0 Å². The number of hydrogen-bond donors (Lipinski definition) is 2. The Bertz CT molecular complexity index is 331. The van der Waals surface area contributed by atoms with Gasteiger partial charge in [-0.3, -0.25) is 4.79 Å².